The predicted molar refractivity (Wildman–Crippen MR) is 114 cm³/mol. The standard InChI is InChI=1S/C23H34N4O/c1-18(2)17-19(3)26-15-12-21(13-16-26)27-22(11-14-24-27)25-23(28)10-9-20-7-5-4-6-8-20/h4-8,11,14,18-19,21H,9-10,12-13,15-17H2,1-3H3,(H,25,28)/t19-/m0/s1. The van der Waals surface area contributed by atoms with Crippen LogP contribution in [0.5, 0.6) is 0 Å². The molecule has 0 bridgehead atoms. The largest absolute Gasteiger partial charge is 0.311 e. The Morgan fingerprint density at radius 2 is 1.86 bits per heavy atom. The van der Waals surface area contributed by atoms with Gasteiger partial charge in [0.25, 0.3) is 0 Å². The zero-order valence-corrected chi connectivity index (χ0v) is 17.5. The highest BCUT2D eigenvalue weighted by Crippen LogP contribution is 2.27. The number of rotatable bonds is 8. The summed E-state index contributed by atoms with van der Waals surface area (Å²) in [5.41, 5.74) is 1.19. The number of hydrogen-bond donors (Lipinski definition) is 1. The first-order valence-corrected chi connectivity index (χ1v) is 10.6. The molecule has 1 aromatic heterocycles. The fourth-order valence-electron chi connectivity index (χ4n) is 4.21. The minimum atomic E-state index is 0.0496. The Balaban J connectivity index is 1.50. The van der Waals surface area contributed by atoms with Gasteiger partial charge in [-0.1, -0.05) is 44.2 Å². The Labute approximate surface area is 169 Å². The Morgan fingerprint density at radius 3 is 2.54 bits per heavy atom. The molecule has 0 spiro atoms. The van der Waals surface area contributed by atoms with E-state index in [9.17, 15) is 4.79 Å². The summed E-state index contributed by atoms with van der Waals surface area (Å²) in [6.07, 6.45) is 6.44. The molecule has 3 rings (SSSR count). The van der Waals surface area contributed by atoms with Crippen LogP contribution in [0.1, 0.15) is 58.1 Å². The molecule has 1 fully saturated rings. The zero-order chi connectivity index (χ0) is 19.9. The average Bonchev–Trinajstić information content (AvgIpc) is 3.15. The lowest BCUT2D eigenvalue weighted by Crippen LogP contribution is -2.41. The van der Waals surface area contributed by atoms with Crippen LogP contribution in [0.4, 0.5) is 5.82 Å². The molecule has 1 aliphatic rings. The van der Waals surface area contributed by atoms with E-state index in [0.29, 0.717) is 18.5 Å². The highest BCUT2D eigenvalue weighted by Gasteiger charge is 2.25. The minimum absolute atomic E-state index is 0.0496. The molecule has 0 radical (unpaired) electrons. The molecule has 5 nitrogen and oxygen atoms in total. The van der Waals surface area contributed by atoms with Gasteiger partial charge in [-0.15, -0.1) is 0 Å². The van der Waals surface area contributed by atoms with Crippen LogP contribution < -0.4 is 5.32 Å². The molecule has 1 amide bonds. The number of nitrogens with zero attached hydrogens (tertiary/aromatic N) is 3. The molecule has 0 aliphatic carbocycles. The van der Waals surface area contributed by atoms with Crippen LogP contribution in [0.2, 0.25) is 0 Å². The molecule has 152 valence electrons. The lowest BCUT2D eigenvalue weighted by atomic mass is 9.99. The minimum Gasteiger partial charge on any atom is -0.311 e. The molecular formula is C23H34N4O. The first-order valence-electron chi connectivity index (χ1n) is 10.6. The summed E-state index contributed by atoms with van der Waals surface area (Å²) in [6, 6.07) is 13.0. The van der Waals surface area contributed by atoms with E-state index in [1.54, 1.807) is 6.20 Å². The number of carbonyl (C=O) groups excluding carboxylic acids is 1. The lowest BCUT2D eigenvalue weighted by molar-refractivity contribution is -0.116. The second kappa shape index (κ2) is 9.87. The van der Waals surface area contributed by atoms with Crippen LogP contribution in [-0.2, 0) is 11.2 Å². The SMILES string of the molecule is CC(C)C[C@H](C)N1CCC(n2nccc2NC(=O)CCc2ccccc2)CC1. The maximum Gasteiger partial charge on any atom is 0.225 e. The summed E-state index contributed by atoms with van der Waals surface area (Å²) < 4.78 is 2.02. The summed E-state index contributed by atoms with van der Waals surface area (Å²) in [5, 5.41) is 7.58. The highest BCUT2D eigenvalue weighted by molar-refractivity contribution is 5.89. The van der Waals surface area contributed by atoms with Gasteiger partial charge in [0.05, 0.1) is 12.2 Å². The third-order valence-corrected chi connectivity index (χ3v) is 5.70. The monoisotopic (exact) mass is 382 g/mol. The van der Waals surface area contributed by atoms with Gasteiger partial charge in [0.2, 0.25) is 5.91 Å². The number of aromatic nitrogens is 2. The molecule has 1 aromatic carbocycles. The highest BCUT2D eigenvalue weighted by atomic mass is 16.1. The van der Waals surface area contributed by atoms with E-state index in [-0.39, 0.29) is 5.91 Å². The topological polar surface area (TPSA) is 50.2 Å². The summed E-state index contributed by atoms with van der Waals surface area (Å²) in [7, 11) is 0. The summed E-state index contributed by atoms with van der Waals surface area (Å²) in [4.78, 5) is 15.0. The van der Waals surface area contributed by atoms with Gasteiger partial charge in [0.15, 0.2) is 0 Å². The van der Waals surface area contributed by atoms with Crippen molar-refractivity contribution in [3.8, 4) is 0 Å². The number of nitrogens with one attached hydrogen (secondary N) is 1. The van der Waals surface area contributed by atoms with Crippen LogP contribution in [0, 0.1) is 5.92 Å². The number of likely N-dealkylation sites (tertiary alicyclic amines) is 1. The Bertz CT molecular complexity index is 732. The second-order valence-electron chi connectivity index (χ2n) is 8.44. The summed E-state index contributed by atoms with van der Waals surface area (Å²) >= 11 is 0. The number of anilines is 1. The van der Waals surface area contributed by atoms with E-state index in [0.717, 1.165) is 44.1 Å². The number of benzene rings is 1. The molecular weight excluding hydrogens is 348 g/mol. The summed E-state index contributed by atoms with van der Waals surface area (Å²) in [6.45, 7) is 9.12. The van der Waals surface area contributed by atoms with Crippen molar-refractivity contribution in [2.45, 2.75) is 65.0 Å². The van der Waals surface area contributed by atoms with E-state index in [2.05, 4.69) is 48.2 Å². The van der Waals surface area contributed by atoms with Crippen molar-refractivity contribution >= 4 is 11.7 Å². The van der Waals surface area contributed by atoms with Gasteiger partial charge in [0.1, 0.15) is 5.82 Å². The van der Waals surface area contributed by atoms with Crippen LogP contribution in [0.3, 0.4) is 0 Å². The number of carbonyl (C=O) groups is 1. The average molecular weight is 383 g/mol. The molecule has 2 aromatic rings. The molecule has 0 saturated carbocycles. The van der Waals surface area contributed by atoms with Gasteiger partial charge in [-0.25, -0.2) is 4.68 Å². The number of amides is 1. The molecule has 2 heterocycles. The normalized spacial score (nSPS) is 17.0. The lowest BCUT2D eigenvalue weighted by Gasteiger charge is -2.37. The first kappa shape index (κ1) is 20.6. The maximum absolute atomic E-state index is 12.4. The third-order valence-electron chi connectivity index (χ3n) is 5.70. The van der Waals surface area contributed by atoms with Gasteiger partial charge >= 0.3 is 0 Å². The van der Waals surface area contributed by atoms with Crippen molar-refractivity contribution in [3.63, 3.8) is 0 Å². The molecule has 1 N–H and O–H groups in total. The van der Waals surface area contributed by atoms with Crippen molar-refractivity contribution < 1.29 is 4.79 Å². The van der Waals surface area contributed by atoms with Crippen molar-refractivity contribution in [3.05, 3.63) is 48.2 Å². The number of piperidine rings is 1. The van der Waals surface area contributed by atoms with Crippen LogP contribution in [-0.4, -0.2) is 39.7 Å². The Hall–Kier alpha value is -2.14. The van der Waals surface area contributed by atoms with Crippen molar-refractivity contribution in [1.82, 2.24) is 14.7 Å². The van der Waals surface area contributed by atoms with Gasteiger partial charge in [-0.05, 0) is 44.1 Å². The molecule has 1 atom stereocenters. The third kappa shape index (κ3) is 5.68. The molecule has 1 aliphatic heterocycles. The fourth-order valence-corrected chi connectivity index (χ4v) is 4.21. The second-order valence-corrected chi connectivity index (χ2v) is 8.44. The van der Waals surface area contributed by atoms with E-state index in [1.165, 1.54) is 12.0 Å². The zero-order valence-electron chi connectivity index (χ0n) is 17.5. The number of aryl methyl sites for hydroxylation is 1. The summed E-state index contributed by atoms with van der Waals surface area (Å²) in [5.74, 6) is 1.61. The van der Waals surface area contributed by atoms with E-state index in [4.69, 9.17) is 0 Å². The first-order chi connectivity index (χ1) is 13.5. The molecule has 5 heteroatoms. The quantitative estimate of drug-likeness (QED) is 0.730. The van der Waals surface area contributed by atoms with Gasteiger partial charge < -0.3 is 10.2 Å². The van der Waals surface area contributed by atoms with Crippen molar-refractivity contribution in [2.75, 3.05) is 18.4 Å². The van der Waals surface area contributed by atoms with E-state index >= 15 is 0 Å². The van der Waals surface area contributed by atoms with Crippen LogP contribution >= 0.6 is 0 Å². The van der Waals surface area contributed by atoms with E-state index in [1.807, 2.05) is 28.9 Å². The van der Waals surface area contributed by atoms with Gasteiger partial charge in [0, 0.05) is 31.6 Å². The Kier molecular flexibility index (Phi) is 7.26. The Morgan fingerprint density at radius 1 is 1.14 bits per heavy atom. The predicted octanol–water partition coefficient (Wildman–Crippen LogP) is 4.53. The fraction of sp³-hybridized carbons (Fsp3) is 0.565. The van der Waals surface area contributed by atoms with Gasteiger partial charge in [-0.3, -0.25) is 4.79 Å². The molecule has 28 heavy (non-hydrogen) atoms. The molecule has 1 saturated heterocycles. The van der Waals surface area contributed by atoms with Crippen molar-refractivity contribution in [2.24, 2.45) is 5.92 Å². The van der Waals surface area contributed by atoms with E-state index < -0.39 is 0 Å². The van der Waals surface area contributed by atoms with Crippen molar-refractivity contribution in [1.29, 1.82) is 0 Å². The van der Waals surface area contributed by atoms with Crippen LogP contribution in [0.15, 0.2) is 42.6 Å². The van der Waals surface area contributed by atoms with Gasteiger partial charge in [-0.2, -0.15) is 5.10 Å². The molecule has 0 unspecified atom stereocenters. The number of hydrogen-bond acceptors (Lipinski definition) is 3. The van der Waals surface area contributed by atoms with Crippen LogP contribution in [0.25, 0.3) is 0 Å². The maximum atomic E-state index is 12.4. The smallest absolute Gasteiger partial charge is 0.225 e.